The summed E-state index contributed by atoms with van der Waals surface area (Å²) in [5, 5.41) is 10.5. The zero-order valence-corrected chi connectivity index (χ0v) is 11.3. The van der Waals surface area contributed by atoms with Crippen molar-refractivity contribution in [3.63, 3.8) is 0 Å². The molecule has 1 aromatic rings. The van der Waals surface area contributed by atoms with Crippen molar-refractivity contribution in [2.45, 2.75) is 20.3 Å². The van der Waals surface area contributed by atoms with Gasteiger partial charge >= 0.3 is 0 Å². The fraction of sp³-hybridized carbons (Fsp3) is 0.538. The van der Waals surface area contributed by atoms with Crippen LogP contribution in [0.5, 0.6) is 5.75 Å². The Labute approximate surface area is 112 Å². The van der Waals surface area contributed by atoms with Gasteiger partial charge in [0.25, 0.3) is 5.69 Å². The molecule has 0 N–H and O–H groups in total. The van der Waals surface area contributed by atoms with Crippen molar-refractivity contribution in [1.29, 1.82) is 0 Å². The minimum absolute atomic E-state index is 0.0603. The van der Waals surface area contributed by atoms with E-state index >= 15 is 0 Å². The molecule has 0 fully saturated rings. The van der Waals surface area contributed by atoms with Crippen LogP contribution in [-0.2, 0) is 0 Å². The second kappa shape index (κ2) is 7.68. The van der Waals surface area contributed by atoms with Gasteiger partial charge in [-0.2, -0.15) is 0 Å². The Balaban J connectivity index is 2.43. The van der Waals surface area contributed by atoms with Crippen molar-refractivity contribution in [3.05, 3.63) is 34.1 Å². The van der Waals surface area contributed by atoms with Crippen LogP contribution in [0.1, 0.15) is 20.3 Å². The summed E-state index contributed by atoms with van der Waals surface area (Å²) in [7, 11) is 0. The van der Waals surface area contributed by atoms with E-state index in [2.05, 4.69) is 18.7 Å². The molecule has 0 aliphatic rings. The fourth-order valence-corrected chi connectivity index (χ4v) is 1.73. The van der Waals surface area contributed by atoms with E-state index < -0.39 is 10.7 Å². The van der Waals surface area contributed by atoms with Crippen LogP contribution < -0.4 is 4.74 Å². The molecule has 0 unspecified atom stereocenters. The Bertz CT molecular complexity index is 422. The molecule has 0 spiro atoms. The third-order valence-electron chi connectivity index (χ3n) is 2.90. The van der Waals surface area contributed by atoms with Gasteiger partial charge in [-0.3, -0.25) is 10.1 Å². The van der Waals surface area contributed by atoms with Crippen molar-refractivity contribution in [2.75, 3.05) is 26.2 Å². The molecule has 5 nitrogen and oxygen atoms in total. The van der Waals surface area contributed by atoms with Gasteiger partial charge in [-0.15, -0.1) is 0 Å². The molecule has 0 aromatic heterocycles. The van der Waals surface area contributed by atoms with Crippen molar-refractivity contribution in [1.82, 2.24) is 4.90 Å². The summed E-state index contributed by atoms with van der Waals surface area (Å²) in [6.45, 7) is 7.40. The monoisotopic (exact) mass is 270 g/mol. The number of nitrogens with zero attached hydrogens (tertiary/aromatic N) is 2. The lowest BCUT2D eigenvalue weighted by molar-refractivity contribution is -0.385. The van der Waals surface area contributed by atoms with E-state index in [0.717, 1.165) is 32.1 Å². The number of halogens is 1. The van der Waals surface area contributed by atoms with Crippen LogP contribution in [0, 0.1) is 15.9 Å². The van der Waals surface area contributed by atoms with Crippen LogP contribution in [0.2, 0.25) is 0 Å². The lowest BCUT2D eigenvalue weighted by Gasteiger charge is -2.17. The van der Waals surface area contributed by atoms with E-state index in [1.807, 2.05) is 0 Å². The highest BCUT2D eigenvalue weighted by Crippen LogP contribution is 2.22. The quantitative estimate of drug-likeness (QED) is 0.414. The van der Waals surface area contributed by atoms with E-state index in [1.54, 1.807) is 0 Å². The van der Waals surface area contributed by atoms with Gasteiger partial charge in [-0.05, 0) is 25.6 Å². The number of ether oxygens (including phenoxy) is 1. The molecule has 106 valence electrons. The van der Waals surface area contributed by atoms with E-state index in [1.165, 1.54) is 12.1 Å². The maximum Gasteiger partial charge on any atom is 0.272 e. The smallest absolute Gasteiger partial charge is 0.272 e. The lowest BCUT2D eigenvalue weighted by Crippen LogP contribution is -2.25. The van der Waals surface area contributed by atoms with Gasteiger partial charge in [-0.1, -0.05) is 13.8 Å². The predicted molar refractivity (Wildman–Crippen MR) is 71.0 cm³/mol. The number of nitro groups is 1. The first-order chi connectivity index (χ1) is 9.08. The second-order valence-electron chi connectivity index (χ2n) is 4.10. The average molecular weight is 270 g/mol. The maximum absolute atomic E-state index is 13.5. The fourth-order valence-electron chi connectivity index (χ4n) is 1.73. The van der Waals surface area contributed by atoms with Crippen LogP contribution in [0.15, 0.2) is 18.2 Å². The van der Waals surface area contributed by atoms with Gasteiger partial charge in [0, 0.05) is 12.6 Å². The zero-order chi connectivity index (χ0) is 14.3. The SMILES string of the molecule is CCN(CC)CCCOc1ccc([N+](=O)[O-])cc1F. The number of hydrogen-bond donors (Lipinski definition) is 0. The number of nitro benzene ring substituents is 1. The summed E-state index contributed by atoms with van der Waals surface area (Å²) in [5.41, 5.74) is -0.270. The second-order valence-corrected chi connectivity index (χ2v) is 4.10. The molecule has 0 atom stereocenters. The highest BCUT2D eigenvalue weighted by Gasteiger charge is 2.11. The third-order valence-corrected chi connectivity index (χ3v) is 2.90. The van der Waals surface area contributed by atoms with Crippen molar-refractivity contribution in [2.24, 2.45) is 0 Å². The molecule has 6 heteroatoms. The van der Waals surface area contributed by atoms with E-state index in [9.17, 15) is 14.5 Å². The molecule has 0 radical (unpaired) electrons. The summed E-state index contributed by atoms with van der Waals surface area (Å²) in [6, 6.07) is 3.41. The van der Waals surface area contributed by atoms with Crippen LogP contribution in [0.3, 0.4) is 0 Å². The summed E-state index contributed by atoms with van der Waals surface area (Å²) in [6.07, 6.45) is 0.790. The molecule has 0 heterocycles. The summed E-state index contributed by atoms with van der Waals surface area (Å²) in [5.74, 6) is -0.637. The summed E-state index contributed by atoms with van der Waals surface area (Å²) in [4.78, 5) is 12.1. The third kappa shape index (κ3) is 4.82. The molecule has 0 saturated carbocycles. The van der Waals surface area contributed by atoms with Crippen LogP contribution in [0.25, 0.3) is 0 Å². The van der Waals surface area contributed by atoms with Gasteiger partial charge < -0.3 is 9.64 Å². The summed E-state index contributed by atoms with van der Waals surface area (Å²) < 4.78 is 18.8. The molecule has 0 bridgehead atoms. The van der Waals surface area contributed by atoms with Crippen LogP contribution in [-0.4, -0.2) is 36.1 Å². The number of benzene rings is 1. The largest absolute Gasteiger partial charge is 0.490 e. The van der Waals surface area contributed by atoms with Crippen LogP contribution in [0.4, 0.5) is 10.1 Å². The molecule has 1 aromatic carbocycles. The standard InChI is InChI=1S/C13H19FN2O3/c1-3-15(4-2)8-5-9-19-13-7-6-11(16(17)18)10-12(13)14/h6-7,10H,3-5,8-9H2,1-2H3. The maximum atomic E-state index is 13.5. The summed E-state index contributed by atoms with van der Waals surface area (Å²) >= 11 is 0. The molecule has 0 aliphatic heterocycles. The molecular weight excluding hydrogens is 251 g/mol. The highest BCUT2D eigenvalue weighted by atomic mass is 19.1. The predicted octanol–water partition coefficient (Wildman–Crippen LogP) is 2.84. The molecule has 19 heavy (non-hydrogen) atoms. The molecular formula is C13H19FN2O3. The van der Waals surface area contributed by atoms with Crippen molar-refractivity contribution >= 4 is 5.69 Å². The van der Waals surface area contributed by atoms with E-state index in [4.69, 9.17) is 4.74 Å². The highest BCUT2D eigenvalue weighted by molar-refractivity contribution is 5.37. The average Bonchev–Trinajstić information content (AvgIpc) is 2.40. The number of rotatable bonds is 8. The minimum atomic E-state index is -0.697. The van der Waals surface area contributed by atoms with Crippen molar-refractivity contribution in [3.8, 4) is 5.75 Å². The Kier molecular flexibility index (Phi) is 6.21. The van der Waals surface area contributed by atoms with Gasteiger partial charge in [0.1, 0.15) is 0 Å². The normalized spacial score (nSPS) is 10.7. The first kappa shape index (κ1) is 15.4. The van der Waals surface area contributed by atoms with Crippen LogP contribution >= 0.6 is 0 Å². The van der Waals surface area contributed by atoms with Gasteiger partial charge in [0.2, 0.25) is 0 Å². The molecule has 0 amide bonds. The topological polar surface area (TPSA) is 55.6 Å². The minimum Gasteiger partial charge on any atom is -0.490 e. The molecule has 0 saturated heterocycles. The van der Waals surface area contributed by atoms with Gasteiger partial charge in [0.05, 0.1) is 17.6 Å². The van der Waals surface area contributed by atoms with Gasteiger partial charge in [0.15, 0.2) is 11.6 Å². The molecule has 1 rings (SSSR count). The van der Waals surface area contributed by atoms with Gasteiger partial charge in [-0.25, -0.2) is 4.39 Å². The Morgan fingerprint density at radius 1 is 1.37 bits per heavy atom. The van der Waals surface area contributed by atoms with Crippen molar-refractivity contribution < 1.29 is 14.1 Å². The number of non-ortho nitro benzene ring substituents is 1. The lowest BCUT2D eigenvalue weighted by atomic mass is 10.3. The Morgan fingerprint density at radius 2 is 2.05 bits per heavy atom. The first-order valence-corrected chi connectivity index (χ1v) is 6.37. The van der Waals surface area contributed by atoms with E-state index in [0.29, 0.717) is 6.61 Å². The van der Waals surface area contributed by atoms with E-state index in [-0.39, 0.29) is 11.4 Å². The number of hydrogen-bond acceptors (Lipinski definition) is 4. The Hall–Kier alpha value is -1.69. The zero-order valence-electron chi connectivity index (χ0n) is 11.3. The molecule has 0 aliphatic carbocycles. The first-order valence-electron chi connectivity index (χ1n) is 6.37. The Morgan fingerprint density at radius 3 is 2.58 bits per heavy atom.